The lowest BCUT2D eigenvalue weighted by atomic mass is 9.96. The van der Waals surface area contributed by atoms with Crippen molar-refractivity contribution in [3.05, 3.63) is 35.0 Å². The molecule has 0 bridgehead atoms. The molecule has 0 aliphatic carbocycles. The Kier molecular flexibility index (Phi) is 3.06. The van der Waals surface area contributed by atoms with Crippen LogP contribution in [0.1, 0.15) is 25.1 Å². The first kappa shape index (κ1) is 12.0. The zero-order valence-corrected chi connectivity index (χ0v) is 11.0. The van der Waals surface area contributed by atoms with Crippen molar-refractivity contribution in [3.8, 4) is 0 Å². The van der Waals surface area contributed by atoms with Crippen LogP contribution < -0.4 is 5.73 Å². The van der Waals surface area contributed by atoms with Gasteiger partial charge in [-0.05, 0) is 36.6 Å². The summed E-state index contributed by atoms with van der Waals surface area (Å²) in [5.74, 6) is 1.24. The Morgan fingerprint density at radius 2 is 2.22 bits per heavy atom. The number of ether oxygens (including phenoxy) is 1. The monoisotopic (exact) mass is 265 g/mol. The highest BCUT2D eigenvalue weighted by Gasteiger charge is 2.32. The molecule has 3 nitrogen and oxygen atoms in total. The zero-order chi connectivity index (χ0) is 12.7. The van der Waals surface area contributed by atoms with Crippen LogP contribution in [0.15, 0.2) is 28.7 Å². The van der Waals surface area contributed by atoms with Gasteiger partial charge in [0.2, 0.25) is 0 Å². The number of hydrogen-bond donors (Lipinski definition) is 1. The van der Waals surface area contributed by atoms with E-state index in [0.29, 0.717) is 10.9 Å². The van der Waals surface area contributed by atoms with Crippen molar-refractivity contribution in [2.45, 2.75) is 25.5 Å². The lowest BCUT2D eigenvalue weighted by Gasteiger charge is -2.20. The van der Waals surface area contributed by atoms with Gasteiger partial charge in [-0.25, -0.2) is 0 Å². The van der Waals surface area contributed by atoms with E-state index in [1.807, 2.05) is 24.3 Å². The van der Waals surface area contributed by atoms with E-state index in [2.05, 4.69) is 6.92 Å². The van der Waals surface area contributed by atoms with Crippen molar-refractivity contribution in [2.75, 3.05) is 6.61 Å². The number of benzene rings is 1. The summed E-state index contributed by atoms with van der Waals surface area (Å²) in [6.07, 6.45) is 1.10. The van der Waals surface area contributed by atoms with Gasteiger partial charge < -0.3 is 14.9 Å². The molecule has 0 saturated carbocycles. The van der Waals surface area contributed by atoms with E-state index in [0.717, 1.165) is 29.8 Å². The van der Waals surface area contributed by atoms with Crippen LogP contribution >= 0.6 is 11.6 Å². The highest BCUT2D eigenvalue weighted by atomic mass is 35.5. The molecule has 1 aliphatic heterocycles. The first-order valence-corrected chi connectivity index (χ1v) is 6.59. The van der Waals surface area contributed by atoms with Crippen LogP contribution in [0, 0.1) is 5.92 Å². The molecule has 2 heterocycles. The second kappa shape index (κ2) is 4.57. The molecule has 3 rings (SSSR count). The van der Waals surface area contributed by atoms with Crippen LogP contribution in [0.2, 0.25) is 5.02 Å². The predicted molar refractivity (Wildman–Crippen MR) is 71.7 cm³/mol. The van der Waals surface area contributed by atoms with Gasteiger partial charge in [0.15, 0.2) is 0 Å². The van der Waals surface area contributed by atoms with Gasteiger partial charge in [-0.3, -0.25) is 0 Å². The molecular weight excluding hydrogens is 250 g/mol. The first-order chi connectivity index (χ1) is 8.65. The van der Waals surface area contributed by atoms with Gasteiger partial charge in [0.25, 0.3) is 0 Å². The molecule has 1 saturated heterocycles. The SMILES string of the molecule is CC1CCOC1C(N)c1cc2cc(Cl)ccc2o1. The van der Waals surface area contributed by atoms with Crippen molar-refractivity contribution >= 4 is 22.6 Å². The average Bonchev–Trinajstić information content (AvgIpc) is 2.93. The van der Waals surface area contributed by atoms with E-state index in [1.165, 1.54) is 0 Å². The Bertz CT molecular complexity index is 566. The van der Waals surface area contributed by atoms with Crippen LogP contribution in [0.25, 0.3) is 11.0 Å². The number of nitrogens with two attached hydrogens (primary N) is 1. The quantitative estimate of drug-likeness (QED) is 0.904. The van der Waals surface area contributed by atoms with Crippen molar-refractivity contribution in [3.63, 3.8) is 0 Å². The van der Waals surface area contributed by atoms with E-state index in [1.54, 1.807) is 0 Å². The standard InChI is InChI=1S/C14H16ClNO2/c1-8-4-5-17-14(8)13(16)12-7-9-6-10(15)2-3-11(9)18-12/h2-3,6-8,13-14H,4-5,16H2,1H3. The molecule has 0 radical (unpaired) electrons. The number of rotatable bonds is 2. The summed E-state index contributed by atoms with van der Waals surface area (Å²) in [6, 6.07) is 7.31. The van der Waals surface area contributed by atoms with Crippen molar-refractivity contribution < 1.29 is 9.15 Å². The summed E-state index contributed by atoms with van der Waals surface area (Å²) in [4.78, 5) is 0. The van der Waals surface area contributed by atoms with Gasteiger partial charge in [0.1, 0.15) is 11.3 Å². The number of furan rings is 1. The summed E-state index contributed by atoms with van der Waals surface area (Å²) in [6.45, 7) is 2.95. The summed E-state index contributed by atoms with van der Waals surface area (Å²) in [5.41, 5.74) is 7.06. The largest absolute Gasteiger partial charge is 0.459 e. The third-order valence-corrected chi connectivity index (χ3v) is 3.86. The maximum absolute atomic E-state index is 6.24. The summed E-state index contributed by atoms with van der Waals surface area (Å²) < 4.78 is 11.5. The Morgan fingerprint density at radius 1 is 1.39 bits per heavy atom. The minimum Gasteiger partial charge on any atom is -0.459 e. The first-order valence-electron chi connectivity index (χ1n) is 6.21. The summed E-state index contributed by atoms with van der Waals surface area (Å²) in [7, 11) is 0. The average molecular weight is 266 g/mol. The predicted octanol–water partition coefficient (Wildman–Crippen LogP) is 3.51. The van der Waals surface area contributed by atoms with Crippen LogP contribution in [0.5, 0.6) is 0 Å². The molecule has 1 aliphatic rings. The number of halogens is 1. The van der Waals surface area contributed by atoms with Crippen LogP contribution in [-0.4, -0.2) is 12.7 Å². The van der Waals surface area contributed by atoms with Crippen LogP contribution in [0.4, 0.5) is 0 Å². The van der Waals surface area contributed by atoms with Gasteiger partial charge in [0, 0.05) is 17.0 Å². The second-order valence-corrected chi connectivity index (χ2v) is 5.39. The van der Waals surface area contributed by atoms with E-state index >= 15 is 0 Å². The molecule has 1 fully saturated rings. The van der Waals surface area contributed by atoms with E-state index in [-0.39, 0.29) is 12.1 Å². The third kappa shape index (κ3) is 2.03. The Morgan fingerprint density at radius 3 is 2.94 bits per heavy atom. The molecular formula is C14H16ClNO2. The topological polar surface area (TPSA) is 48.4 Å². The van der Waals surface area contributed by atoms with E-state index in [4.69, 9.17) is 26.5 Å². The maximum Gasteiger partial charge on any atom is 0.134 e. The summed E-state index contributed by atoms with van der Waals surface area (Å²) in [5, 5.41) is 1.69. The Hall–Kier alpha value is -1.03. The summed E-state index contributed by atoms with van der Waals surface area (Å²) >= 11 is 5.96. The highest BCUT2D eigenvalue weighted by Crippen LogP contribution is 2.33. The smallest absolute Gasteiger partial charge is 0.134 e. The molecule has 1 aromatic carbocycles. The molecule has 96 valence electrons. The Balaban J connectivity index is 1.93. The minimum atomic E-state index is -0.214. The lowest BCUT2D eigenvalue weighted by Crippen LogP contribution is -2.29. The normalized spacial score (nSPS) is 25.7. The van der Waals surface area contributed by atoms with Gasteiger partial charge in [-0.2, -0.15) is 0 Å². The fourth-order valence-electron chi connectivity index (χ4n) is 2.54. The van der Waals surface area contributed by atoms with Gasteiger partial charge >= 0.3 is 0 Å². The number of fused-ring (bicyclic) bond motifs is 1. The second-order valence-electron chi connectivity index (χ2n) is 4.96. The molecule has 4 heteroatoms. The third-order valence-electron chi connectivity index (χ3n) is 3.62. The van der Waals surface area contributed by atoms with Gasteiger partial charge in [-0.1, -0.05) is 18.5 Å². The highest BCUT2D eigenvalue weighted by molar-refractivity contribution is 6.31. The van der Waals surface area contributed by atoms with E-state index < -0.39 is 0 Å². The molecule has 0 spiro atoms. The number of hydrogen-bond acceptors (Lipinski definition) is 3. The molecule has 18 heavy (non-hydrogen) atoms. The molecule has 3 unspecified atom stereocenters. The van der Waals surface area contributed by atoms with Crippen molar-refractivity contribution in [1.29, 1.82) is 0 Å². The van der Waals surface area contributed by atoms with Crippen LogP contribution in [0.3, 0.4) is 0 Å². The fraction of sp³-hybridized carbons (Fsp3) is 0.429. The van der Waals surface area contributed by atoms with Crippen molar-refractivity contribution in [2.24, 2.45) is 11.7 Å². The molecule has 3 atom stereocenters. The molecule has 0 amide bonds. The maximum atomic E-state index is 6.24. The van der Waals surface area contributed by atoms with Gasteiger partial charge in [0.05, 0.1) is 12.1 Å². The lowest BCUT2D eigenvalue weighted by molar-refractivity contribution is 0.0668. The minimum absolute atomic E-state index is 0.0426. The van der Waals surface area contributed by atoms with E-state index in [9.17, 15) is 0 Å². The molecule has 1 aromatic heterocycles. The molecule has 2 N–H and O–H groups in total. The molecule has 2 aromatic rings. The fourth-order valence-corrected chi connectivity index (χ4v) is 2.72. The Labute approximate surface area is 111 Å². The van der Waals surface area contributed by atoms with Crippen molar-refractivity contribution in [1.82, 2.24) is 0 Å². The zero-order valence-electron chi connectivity index (χ0n) is 10.2. The van der Waals surface area contributed by atoms with Crippen LogP contribution in [-0.2, 0) is 4.74 Å². The van der Waals surface area contributed by atoms with Gasteiger partial charge in [-0.15, -0.1) is 0 Å².